The minimum absolute atomic E-state index is 0.235. The van der Waals surface area contributed by atoms with E-state index in [0.717, 1.165) is 22.0 Å². The van der Waals surface area contributed by atoms with Gasteiger partial charge < -0.3 is 5.32 Å². The lowest BCUT2D eigenvalue weighted by molar-refractivity contribution is -0.129. The fraction of sp³-hybridized carbons (Fsp3) is 0.588. The quantitative estimate of drug-likeness (QED) is 0.476. The molecule has 0 spiro atoms. The second-order valence-electron chi connectivity index (χ2n) is 6.09. The van der Waals surface area contributed by atoms with E-state index >= 15 is 0 Å². The van der Waals surface area contributed by atoms with Crippen LogP contribution in [0.3, 0.4) is 0 Å². The molecule has 1 heterocycles. The molecule has 1 atom stereocenters. The van der Waals surface area contributed by atoms with Crippen molar-refractivity contribution in [2.75, 3.05) is 13.3 Å². The minimum Gasteiger partial charge on any atom is -0.339 e. The number of rotatable bonds is 6. The van der Waals surface area contributed by atoms with Gasteiger partial charge in [0.25, 0.3) is 11.8 Å². The zero-order valence-electron chi connectivity index (χ0n) is 14.1. The zero-order chi connectivity index (χ0) is 17.5. The molecule has 1 aromatic heterocycles. The molecule has 1 aliphatic carbocycles. The topological polar surface area (TPSA) is 73.2 Å². The first-order chi connectivity index (χ1) is 11.5. The van der Waals surface area contributed by atoms with Crippen LogP contribution in [0.1, 0.15) is 48.2 Å². The van der Waals surface area contributed by atoms with Gasteiger partial charge in [-0.3, -0.25) is 14.5 Å². The molecule has 1 N–H and O–H groups in total. The maximum absolute atomic E-state index is 12.5. The average molecular weight is 366 g/mol. The van der Waals surface area contributed by atoms with Gasteiger partial charge in [-0.1, -0.05) is 32.1 Å². The van der Waals surface area contributed by atoms with Gasteiger partial charge in [0.2, 0.25) is 0 Å². The summed E-state index contributed by atoms with van der Waals surface area (Å²) in [7, 11) is 1.44. The number of thiophene rings is 1. The van der Waals surface area contributed by atoms with Crippen LogP contribution in [0.4, 0.5) is 0 Å². The minimum atomic E-state index is -0.634. The Bertz CT molecular complexity index is 618. The Balaban J connectivity index is 2.07. The van der Waals surface area contributed by atoms with Crippen molar-refractivity contribution in [2.45, 2.75) is 48.8 Å². The Labute approximate surface area is 151 Å². The smallest absolute Gasteiger partial charge is 0.262 e. The van der Waals surface area contributed by atoms with Crippen molar-refractivity contribution < 1.29 is 9.59 Å². The Hall–Kier alpha value is -1.52. The Morgan fingerprint density at radius 2 is 2.12 bits per heavy atom. The normalized spacial score (nSPS) is 16.2. The van der Waals surface area contributed by atoms with Crippen molar-refractivity contribution in [1.82, 2.24) is 10.2 Å². The molecule has 1 fully saturated rings. The van der Waals surface area contributed by atoms with E-state index in [1.54, 1.807) is 17.8 Å². The lowest BCUT2D eigenvalue weighted by Crippen LogP contribution is -2.47. The monoisotopic (exact) mass is 365 g/mol. The number of hydrogen-bond donors (Lipinski definition) is 1. The molecule has 0 aromatic carbocycles. The summed E-state index contributed by atoms with van der Waals surface area (Å²) in [5.41, 5.74) is 0. The van der Waals surface area contributed by atoms with E-state index in [1.165, 1.54) is 37.6 Å². The van der Waals surface area contributed by atoms with Gasteiger partial charge in [0.1, 0.15) is 6.04 Å². The zero-order valence-corrected chi connectivity index (χ0v) is 15.7. The van der Waals surface area contributed by atoms with Gasteiger partial charge in [-0.15, -0.1) is 23.1 Å². The summed E-state index contributed by atoms with van der Waals surface area (Å²) in [6, 6.07) is 3.05. The average Bonchev–Trinajstić information content (AvgIpc) is 3.10. The number of carbonyl (C=O) groups is 2. The number of nitriles is 1. The van der Waals surface area contributed by atoms with Crippen LogP contribution < -0.4 is 5.32 Å². The van der Waals surface area contributed by atoms with Crippen LogP contribution in [0.15, 0.2) is 16.3 Å². The molecule has 24 heavy (non-hydrogen) atoms. The van der Waals surface area contributed by atoms with E-state index in [0.29, 0.717) is 17.2 Å². The second kappa shape index (κ2) is 9.09. The standard InChI is InChI=1S/C17H23N3O2S2/c1-20(11-18)17(22)13(10-12-6-4-3-5-7-12)19-16(21)14-8-9-15(23-2)24-14/h8-9,12-13H,3-7,10H2,1-2H3,(H,19,21)/t13-/m0/s1. The second-order valence-corrected chi connectivity index (χ2v) is 8.28. The van der Waals surface area contributed by atoms with Gasteiger partial charge in [-0.2, -0.15) is 5.26 Å². The van der Waals surface area contributed by atoms with Gasteiger partial charge in [-0.25, -0.2) is 0 Å². The van der Waals surface area contributed by atoms with Gasteiger partial charge in [-0.05, 0) is 30.7 Å². The van der Waals surface area contributed by atoms with Crippen molar-refractivity contribution in [3.8, 4) is 6.19 Å². The first-order valence-electron chi connectivity index (χ1n) is 8.17. The molecular weight excluding hydrogens is 342 g/mol. The highest BCUT2D eigenvalue weighted by Crippen LogP contribution is 2.28. The predicted molar refractivity (Wildman–Crippen MR) is 96.9 cm³/mol. The highest BCUT2D eigenvalue weighted by molar-refractivity contribution is 8.00. The lowest BCUT2D eigenvalue weighted by atomic mass is 9.84. The van der Waals surface area contributed by atoms with E-state index in [4.69, 9.17) is 5.26 Å². The molecule has 2 rings (SSSR count). The Kier molecular flexibility index (Phi) is 7.13. The Morgan fingerprint density at radius 3 is 2.71 bits per heavy atom. The van der Waals surface area contributed by atoms with E-state index in [1.807, 2.05) is 18.5 Å². The number of nitrogens with zero attached hydrogens (tertiary/aromatic N) is 2. The third-order valence-electron chi connectivity index (χ3n) is 4.38. The first kappa shape index (κ1) is 18.8. The van der Waals surface area contributed by atoms with E-state index < -0.39 is 6.04 Å². The first-order valence-corrected chi connectivity index (χ1v) is 10.2. The molecule has 0 aliphatic heterocycles. The molecule has 130 valence electrons. The van der Waals surface area contributed by atoms with Crippen molar-refractivity contribution >= 4 is 34.9 Å². The third kappa shape index (κ3) is 4.99. The molecule has 0 unspecified atom stereocenters. The van der Waals surface area contributed by atoms with E-state index in [9.17, 15) is 9.59 Å². The van der Waals surface area contributed by atoms with Crippen LogP contribution in [-0.2, 0) is 4.79 Å². The van der Waals surface area contributed by atoms with E-state index in [-0.39, 0.29) is 11.8 Å². The van der Waals surface area contributed by atoms with Gasteiger partial charge in [0.15, 0.2) is 6.19 Å². The number of carbonyl (C=O) groups excluding carboxylic acids is 2. The van der Waals surface area contributed by atoms with Crippen LogP contribution in [-0.4, -0.2) is 36.1 Å². The van der Waals surface area contributed by atoms with Crippen LogP contribution in [0, 0.1) is 17.4 Å². The third-order valence-corrected chi connectivity index (χ3v) is 6.55. The van der Waals surface area contributed by atoms with Crippen molar-refractivity contribution in [3.63, 3.8) is 0 Å². The van der Waals surface area contributed by atoms with Crippen molar-refractivity contribution in [3.05, 3.63) is 17.0 Å². The van der Waals surface area contributed by atoms with Crippen LogP contribution in [0.2, 0.25) is 0 Å². The summed E-state index contributed by atoms with van der Waals surface area (Å²) < 4.78 is 1.06. The number of nitrogens with one attached hydrogen (secondary N) is 1. The summed E-state index contributed by atoms with van der Waals surface area (Å²) >= 11 is 3.01. The lowest BCUT2D eigenvalue weighted by Gasteiger charge is -2.27. The van der Waals surface area contributed by atoms with Crippen LogP contribution in [0.25, 0.3) is 0 Å². The SMILES string of the molecule is CSc1ccc(C(=O)N[C@@H](CC2CCCCC2)C(=O)N(C)C#N)s1. The molecule has 0 radical (unpaired) electrons. The molecule has 1 aromatic rings. The molecule has 2 amide bonds. The molecule has 0 saturated heterocycles. The van der Waals surface area contributed by atoms with Crippen molar-refractivity contribution in [1.29, 1.82) is 5.26 Å². The van der Waals surface area contributed by atoms with Gasteiger partial charge >= 0.3 is 0 Å². The summed E-state index contributed by atoms with van der Waals surface area (Å²) in [5, 5.41) is 11.8. The molecule has 5 nitrogen and oxygen atoms in total. The van der Waals surface area contributed by atoms with Crippen molar-refractivity contribution in [2.24, 2.45) is 5.92 Å². The molecule has 1 aliphatic rings. The maximum atomic E-state index is 12.5. The highest BCUT2D eigenvalue weighted by atomic mass is 32.2. The summed E-state index contributed by atoms with van der Waals surface area (Å²) in [6.07, 6.45) is 10.2. The van der Waals surface area contributed by atoms with Gasteiger partial charge in [0, 0.05) is 7.05 Å². The largest absolute Gasteiger partial charge is 0.339 e. The number of amides is 2. The van der Waals surface area contributed by atoms with Crippen LogP contribution >= 0.6 is 23.1 Å². The summed E-state index contributed by atoms with van der Waals surface area (Å²) in [4.78, 5) is 26.5. The molecule has 0 bridgehead atoms. The number of likely N-dealkylation sites (N-methyl/N-ethyl adjacent to an activating group) is 1. The summed E-state index contributed by atoms with van der Waals surface area (Å²) in [6.45, 7) is 0. The number of thioether (sulfide) groups is 1. The number of hydrogen-bond acceptors (Lipinski definition) is 5. The fourth-order valence-electron chi connectivity index (χ4n) is 3.04. The summed E-state index contributed by atoms with van der Waals surface area (Å²) in [5.74, 6) is -0.135. The Morgan fingerprint density at radius 1 is 1.42 bits per heavy atom. The van der Waals surface area contributed by atoms with Gasteiger partial charge in [0.05, 0.1) is 9.09 Å². The predicted octanol–water partition coefficient (Wildman–Crippen LogP) is 3.48. The fourth-order valence-corrected chi connectivity index (χ4v) is 4.49. The maximum Gasteiger partial charge on any atom is 0.262 e. The molecule has 7 heteroatoms. The van der Waals surface area contributed by atoms with E-state index in [2.05, 4.69) is 5.32 Å². The highest BCUT2D eigenvalue weighted by Gasteiger charge is 2.28. The molecular formula is C17H23N3O2S2. The molecule has 1 saturated carbocycles. The van der Waals surface area contributed by atoms with Crippen LogP contribution in [0.5, 0.6) is 0 Å².